The van der Waals surface area contributed by atoms with E-state index in [4.69, 9.17) is 0 Å². The second-order valence-electron chi connectivity index (χ2n) is 10.7. The molecule has 3 aliphatic carbocycles. The first kappa shape index (κ1) is 24.3. The van der Waals surface area contributed by atoms with Gasteiger partial charge in [0.15, 0.2) is 0 Å². The van der Waals surface area contributed by atoms with Crippen LogP contribution in [0.15, 0.2) is 98.1 Å². The Kier molecular flexibility index (Phi) is 7.41. The van der Waals surface area contributed by atoms with Crippen LogP contribution in [0.2, 0.25) is 13.7 Å². The van der Waals surface area contributed by atoms with E-state index in [9.17, 15) is 4.79 Å². The number of allylic oxidation sites excluding steroid dienone is 6. The van der Waals surface area contributed by atoms with Gasteiger partial charge in [0.1, 0.15) is 0 Å². The average Bonchev–Trinajstić information content (AvgIpc) is 3.62. The first-order chi connectivity index (χ1) is 17.1. The predicted octanol–water partition coefficient (Wildman–Crippen LogP) is 8.03. The second kappa shape index (κ2) is 10.7. The summed E-state index contributed by atoms with van der Waals surface area (Å²) in [4.78, 5) is 11.0. The third-order valence-corrected chi connectivity index (χ3v) is 15.7. The molecule has 2 aromatic carbocycles. The molecule has 1 N–H and O–H groups in total. The Morgan fingerprint density at radius 2 is 1.29 bits per heavy atom. The van der Waals surface area contributed by atoms with Crippen LogP contribution >= 0.6 is 0 Å². The summed E-state index contributed by atoms with van der Waals surface area (Å²) in [5, 5.41) is 0. The van der Waals surface area contributed by atoms with Gasteiger partial charge in [0, 0.05) is 0 Å². The normalized spacial score (nSPS) is 29.1. The Morgan fingerprint density at radius 1 is 0.771 bits per heavy atom. The maximum absolute atomic E-state index is 11.0. The molecule has 6 rings (SSSR count). The summed E-state index contributed by atoms with van der Waals surface area (Å²) in [5.74, 6) is 3.39. The van der Waals surface area contributed by atoms with E-state index < -0.39 is 16.8 Å². The summed E-state index contributed by atoms with van der Waals surface area (Å²) in [5.41, 5.74) is 4.20. The summed E-state index contributed by atoms with van der Waals surface area (Å²) in [6.45, 7) is 8.20. The van der Waals surface area contributed by atoms with Crippen LogP contribution in [0.3, 0.4) is 0 Å². The van der Waals surface area contributed by atoms with Gasteiger partial charge in [0.2, 0.25) is 0 Å². The van der Waals surface area contributed by atoms with Gasteiger partial charge in [-0.2, -0.15) is 0 Å². The van der Waals surface area contributed by atoms with Crippen LogP contribution < -0.4 is 3.80 Å². The van der Waals surface area contributed by atoms with Crippen molar-refractivity contribution in [3.05, 3.63) is 109 Å². The first-order valence-corrected chi connectivity index (χ1v) is 17.1. The molecule has 5 atom stereocenters. The van der Waals surface area contributed by atoms with Crippen molar-refractivity contribution in [3.63, 3.8) is 0 Å². The number of carbonyl (C=O) groups is 1. The fourth-order valence-corrected chi connectivity index (χ4v) is 15.0. The number of hydrogen-bond acceptors (Lipinski definition) is 1. The van der Waals surface area contributed by atoms with Gasteiger partial charge in [0.05, 0.1) is 0 Å². The maximum atomic E-state index is 11.0. The zero-order valence-electron chi connectivity index (χ0n) is 20.6. The van der Waals surface area contributed by atoms with Gasteiger partial charge < -0.3 is 0 Å². The molecule has 1 aliphatic heterocycles. The van der Waals surface area contributed by atoms with Gasteiger partial charge in [-0.05, 0) is 22.3 Å². The van der Waals surface area contributed by atoms with Crippen LogP contribution in [0, 0.1) is 23.7 Å². The number of fused-ring (bicyclic) bond motifs is 3. The van der Waals surface area contributed by atoms with E-state index in [-0.39, 0.29) is 0 Å². The van der Waals surface area contributed by atoms with Crippen molar-refractivity contribution in [2.45, 2.75) is 39.4 Å². The van der Waals surface area contributed by atoms with E-state index in [0.29, 0.717) is 0 Å². The molecule has 1 amide bonds. The molecule has 1 saturated heterocycles. The summed E-state index contributed by atoms with van der Waals surface area (Å²) in [7, 11) is 0. The number of hydrogen-bond donors (Lipinski definition) is 1. The molecular weight excluding hydrogens is 462 g/mol. The quantitative estimate of drug-likeness (QED) is 0.243. The Morgan fingerprint density at radius 3 is 1.80 bits per heavy atom. The van der Waals surface area contributed by atoms with Crippen LogP contribution in [0.1, 0.15) is 36.8 Å². The summed E-state index contributed by atoms with van der Waals surface area (Å²) in [6, 6.07) is 20.3. The van der Waals surface area contributed by atoms with Crippen molar-refractivity contribution < 1.29 is 21.6 Å². The van der Waals surface area contributed by atoms with Crippen LogP contribution in [0.5, 0.6) is 0 Å². The van der Waals surface area contributed by atoms with Crippen LogP contribution in [-0.4, -0.2) is 6.41 Å². The van der Waals surface area contributed by atoms with E-state index in [1.807, 2.05) is 36.4 Å². The molecule has 0 aromatic heterocycles. The minimum absolute atomic E-state index is 0.757. The Bertz CT molecular complexity index is 1070. The second-order valence-corrected chi connectivity index (χ2v) is 17.3. The standard InChI is InChI=1S/C16H14.C13H17.C2H4.CH3NO.Ti/c1-13(15-9-5-3-6-10-15)14(2)16-11-7-4-8-12-16;1-3-7-12-10(5-1)9-11-6-2-4-8-13(11)12;1-2;2-1-3;/h3-12H,1-2H2;1,3,5,7,9-13H,2,4,6,8H2;1-2H2;1H,(H2,2,3);/q;;;;+1/p-1. The third kappa shape index (κ3) is 4.97. The minimum atomic E-state index is -2.00. The molecule has 3 heteroatoms. The summed E-state index contributed by atoms with van der Waals surface area (Å²) in [6.07, 6.45) is 16.2. The van der Waals surface area contributed by atoms with Crippen molar-refractivity contribution in [2.75, 3.05) is 0 Å². The molecule has 2 saturated carbocycles. The molecule has 5 unspecified atom stereocenters. The predicted molar refractivity (Wildman–Crippen MR) is 144 cm³/mol. The van der Waals surface area contributed by atoms with Crippen molar-refractivity contribution in [3.8, 4) is 0 Å². The average molecular weight is 500 g/mol. The molecule has 2 nitrogen and oxygen atoms in total. The molecule has 4 aliphatic rings. The van der Waals surface area contributed by atoms with Crippen LogP contribution in [-0.2, 0) is 21.6 Å². The van der Waals surface area contributed by atoms with Crippen LogP contribution in [0.4, 0.5) is 0 Å². The number of carbonyl (C=O) groups excluding carboxylic acids is 1. The molecule has 35 heavy (non-hydrogen) atoms. The fourth-order valence-electron chi connectivity index (χ4n) is 7.06. The van der Waals surface area contributed by atoms with E-state index in [2.05, 4.69) is 65.5 Å². The van der Waals surface area contributed by atoms with Gasteiger partial charge in [0.25, 0.3) is 0 Å². The van der Waals surface area contributed by atoms with Gasteiger partial charge in [-0.25, -0.2) is 0 Å². The number of rotatable bonds is 6. The Labute approximate surface area is 214 Å². The summed E-state index contributed by atoms with van der Waals surface area (Å²) < 4.78 is 7.03. The van der Waals surface area contributed by atoms with Crippen molar-refractivity contribution in [2.24, 2.45) is 23.7 Å². The molecule has 3 fully saturated rings. The fraction of sp³-hybridized carbons (Fsp3) is 0.344. The topological polar surface area (TPSA) is 29.1 Å². The van der Waals surface area contributed by atoms with Crippen molar-refractivity contribution >= 4 is 17.6 Å². The van der Waals surface area contributed by atoms with E-state index >= 15 is 0 Å². The van der Waals surface area contributed by atoms with Crippen LogP contribution in [0.25, 0.3) is 11.1 Å². The van der Waals surface area contributed by atoms with Gasteiger partial charge in [-0.3, -0.25) is 0 Å². The zero-order valence-corrected chi connectivity index (χ0v) is 22.2. The molecule has 2 aromatic rings. The Balaban J connectivity index is 0.000000148. The van der Waals surface area contributed by atoms with Crippen molar-refractivity contribution in [1.82, 2.24) is 3.80 Å². The van der Waals surface area contributed by atoms with E-state index in [1.54, 1.807) is 0 Å². The van der Waals surface area contributed by atoms with Gasteiger partial charge in [-0.15, -0.1) is 0 Å². The van der Waals surface area contributed by atoms with Gasteiger partial charge >= 0.3 is 119 Å². The molecule has 180 valence electrons. The Hall–Kier alpha value is -2.42. The third-order valence-electron chi connectivity index (χ3n) is 8.85. The number of nitrogens with one attached hydrogen (secondary N) is 1. The molecule has 0 spiro atoms. The SMILES string of the molecule is C=C(C(=C)c1ccccc1)c1ccccc1.O=C[NH][Ti]1([CH]2C3C=CC=CC3C3CCCCC32)[CH2][CH2]1. The number of benzene rings is 2. The monoisotopic (exact) mass is 499 g/mol. The number of amides is 1. The first-order valence-electron chi connectivity index (χ1n) is 13.2. The van der Waals surface area contributed by atoms with Gasteiger partial charge in [-0.1, -0.05) is 73.8 Å². The molecular formula is C32H37NOTi. The molecule has 0 radical (unpaired) electrons. The van der Waals surface area contributed by atoms with Crippen molar-refractivity contribution in [1.29, 1.82) is 0 Å². The van der Waals surface area contributed by atoms with E-state index in [0.717, 1.165) is 56.6 Å². The molecule has 0 bridgehead atoms. The zero-order chi connectivity index (χ0) is 24.3. The summed E-state index contributed by atoms with van der Waals surface area (Å²) >= 11 is -2.00. The molecule has 1 heterocycles. The van der Waals surface area contributed by atoms with E-state index in [1.165, 1.54) is 35.1 Å².